The van der Waals surface area contributed by atoms with Gasteiger partial charge in [0, 0.05) is 6.08 Å². The average Bonchev–Trinajstić information content (AvgIpc) is 1.67. The van der Waals surface area contributed by atoms with E-state index in [-0.39, 0.29) is 0 Å². The molecule has 44 valence electrons. The Morgan fingerprint density at radius 2 is 2.12 bits per heavy atom. The molecule has 0 aliphatic rings. The fourth-order valence-corrected chi connectivity index (χ4v) is 0.145. The van der Waals surface area contributed by atoms with Crippen LogP contribution in [0.15, 0.2) is 11.8 Å². The molecule has 4 nitrogen and oxygen atoms in total. The van der Waals surface area contributed by atoms with Gasteiger partial charge < -0.3 is 10.8 Å². The summed E-state index contributed by atoms with van der Waals surface area (Å²) >= 11 is 0. The maximum Gasteiger partial charge on any atom is 0.351 e. The molecule has 8 heavy (non-hydrogen) atoms. The van der Waals surface area contributed by atoms with E-state index in [0.29, 0.717) is 6.29 Å². The number of carbonyl (C=O) groups is 2. The van der Waals surface area contributed by atoms with Crippen LogP contribution in [0.25, 0.3) is 0 Å². The molecule has 0 spiro atoms. The summed E-state index contributed by atoms with van der Waals surface area (Å²) in [6.07, 6.45) is 1.10. The monoisotopic (exact) mass is 115 g/mol. The minimum Gasteiger partial charge on any atom is -0.477 e. The Labute approximate surface area is 45.6 Å². The SMILES string of the molecule is NC(=CC=O)C(=O)O. The van der Waals surface area contributed by atoms with Crippen molar-refractivity contribution in [2.45, 2.75) is 0 Å². The summed E-state index contributed by atoms with van der Waals surface area (Å²) in [6, 6.07) is 0. The maximum atomic E-state index is 9.74. The first-order chi connectivity index (χ1) is 3.68. The smallest absolute Gasteiger partial charge is 0.351 e. The molecule has 0 atom stereocenters. The Kier molecular flexibility index (Phi) is 2.33. The third kappa shape index (κ3) is 1.96. The third-order valence-corrected chi connectivity index (χ3v) is 0.495. The number of hydrogen-bond donors (Lipinski definition) is 2. The van der Waals surface area contributed by atoms with Gasteiger partial charge in [0.25, 0.3) is 0 Å². The summed E-state index contributed by atoms with van der Waals surface area (Å²) in [5.41, 5.74) is 4.31. The highest BCUT2D eigenvalue weighted by molar-refractivity contribution is 5.89. The number of hydrogen-bond acceptors (Lipinski definition) is 3. The Morgan fingerprint density at radius 1 is 1.62 bits per heavy atom. The largest absolute Gasteiger partial charge is 0.477 e. The molecule has 4 heteroatoms. The Balaban J connectivity index is 3.99. The Morgan fingerprint density at radius 3 is 2.25 bits per heavy atom. The fourth-order valence-electron chi connectivity index (χ4n) is 0.145. The van der Waals surface area contributed by atoms with Crippen LogP contribution in [0, 0.1) is 0 Å². The van der Waals surface area contributed by atoms with Crippen molar-refractivity contribution in [1.82, 2.24) is 0 Å². The lowest BCUT2D eigenvalue weighted by atomic mass is 10.4. The number of aldehydes is 1. The maximum absolute atomic E-state index is 9.74. The van der Waals surface area contributed by atoms with Crippen LogP contribution < -0.4 is 5.73 Å². The van der Waals surface area contributed by atoms with Crippen molar-refractivity contribution in [3.63, 3.8) is 0 Å². The normalized spacial score (nSPS) is 10.8. The lowest BCUT2D eigenvalue weighted by Gasteiger charge is -1.84. The molecular formula is C4H5NO3. The van der Waals surface area contributed by atoms with Gasteiger partial charge in [-0.05, 0) is 0 Å². The minimum absolute atomic E-state index is 0.323. The van der Waals surface area contributed by atoms with E-state index in [4.69, 9.17) is 10.8 Å². The van der Waals surface area contributed by atoms with Gasteiger partial charge in [0.2, 0.25) is 0 Å². The predicted octanol–water partition coefficient (Wildman–Crippen LogP) is -0.888. The molecule has 0 saturated heterocycles. The van der Waals surface area contributed by atoms with Gasteiger partial charge in [0.15, 0.2) is 0 Å². The van der Waals surface area contributed by atoms with Crippen LogP contribution in [0.3, 0.4) is 0 Å². The second kappa shape index (κ2) is 2.79. The Bertz CT molecular complexity index is 138. The number of carbonyl (C=O) groups excluding carboxylic acids is 1. The summed E-state index contributed by atoms with van der Waals surface area (Å²) in [5.74, 6) is -1.28. The lowest BCUT2D eigenvalue weighted by molar-refractivity contribution is -0.132. The van der Waals surface area contributed by atoms with Gasteiger partial charge in [-0.1, -0.05) is 0 Å². The highest BCUT2D eigenvalue weighted by Crippen LogP contribution is 1.77. The second-order valence-corrected chi connectivity index (χ2v) is 1.06. The quantitative estimate of drug-likeness (QED) is 0.361. The summed E-state index contributed by atoms with van der Waals surface area (Å²) in [5, 5.41) is 7.96. The molecule has 0 saturated carbocycles. The number of aliphatic carboxylic acids is 1. The molecule has 3 N–H and O–H groups in total. The van der Waals surface area contributed by atoms with Crippen LogP contribution in [-0.4, -0.2) is 17.4 Å². The van der Waals surface area contributed by atoms with Crippen LogP contribution in [0.2, 0.25) is 0 Å². The van der Waals surface area contributed by atoms with Crippen molar-refractivity contribution in [2.24, 2.45) is 5.73 Å². The first kappa shape index (κ1) is 6.68. The lowest BCUT2D eigenvalue weighted by Crippen LogP contribution is -2.09. The number of carboxylic acids is 1. The number of rotatable bonds is 2. The summed E-state index contributed by atoms with van der Waals surface area (Å²) in [4.78, 5) is 19.2. The molecule has 0 heterocycles. The van der Waals surface area contributed by atoms with E-state index >= 15 is 0 Å². The van der Waals surface area contributed by atoms with Gasteiger partial charge in [-0.2, -0.15) is 0 Å². The molecule has 0 aromatic rings. The summed E-state index contributed by atoms with van der Waals surface area (Å²) in [7, 11) is 0. The van der Waals surface area contributed by atoms with Crippen LogP contribution in [0.5, 0.6) is 0 Å². The zero-order valence-electron chi connectivity index (χ0n) is 4.00. The van der Waals surface area contributed by atoms with Crippen molar-refractivity contribution in [3.8, 4) is 0 Å². The zero-order chi connectivity index (χ0) is 6.57. The number of nitrogens with two attached hydrogens (primary N) is 1. The zero-order valence-corrected chi connectivity index (χ0v) is 4.00. The highest BCUT2D eigenvalue weighted by Gasteiger charge is 1.96. The van der Waals surface area contributed by atoms with Gasteiger partial charge in [0.1, 0.15) is 12.0 Å². The summed E-state index contributed by atoms with van der Waals surface area (Å²) < 4.78 is 0. The molecule has 0 rings (SSSR count). The van der Waals surface area contributed by atoms with Crippen molar-refractivity contribution in [1.29, 1.82) is 0 Å². The van der Waals surface area contributed by atoms with Crippen molar-refractivity contribution in [3.05, 3.63) is 11.8 Å². The molecule has 0 fully saturated rings. The number of carboxylic acid groups (broad SMARTS) is 1. The first-order valence-corrected chi connectivity index (χ1v) is 1.82. The van der Waals surface area contributed by atoms with Crippen LogP contribution in [-0.2, 0) is 9.59 Å². The van der Waals surface area contributed by atoms with Crippen LogP contribution in [0.4, 0.5) is 0 Å². The van der Waals surface area contributed by atoms with E-state index in [1.807, 2.05) is 0 Å². The first-order valence-electron chi connectivity index (χ1n) is 1.82. The Hall–Kier alpha value is -1.32. The topological polar surface area (TPSA) is 80.4 Å². The molecule has 0 aliphatic heterocycles. The molecule has 0 radical (unpaired) electrons. The molecule has 0 unspecified atom stereocenters. The van der Waals surface area contributed by atoms with E-state index in [2.05, 4.69) is 0 Å². The van der Waals surface area contributed by atoms with Crippen LogP contribution in [0.1, 0.15) is 0 Å². The third-order valence-electron chi connectivity index (χ3n) is 0.495. The van der Waals surface area contributed by atoms with E-state index in [9.17, 15) is 9.59 Å². The molecule has 0 aromatic carbocycles. The van der Waals surface area contributed by atoms with E-state index in [1.54, 1.807) is 0 Å². The van der Waals surface area contributed by atoms with Gasteiger partial charge >= 0.3 is 5.97 Å². The van der Waals surface area contributed by atoms with Crippen molar-refractivity contribution < 1.29 is 14.7 Å². The molecule has 0 aromatic heterocycles. The van der Waals surface area contributed by atoms with E-state index < -0.39 is 11.7 Å². The molecule has 0 bridgehead atoms. The molecule has 0 aliphatic carbocycles. The minimum atomic E-state index is -1.28. The van der Waals surface area contributed by atoms with E-state index in [0.717, 1.165) is 6.08 Å². The van der Waals surface area contributed by atoms with E-state index in [1.165, 1.54) is 0 Å². The van der Waals surface area contributed by atoms with Gasteiger partial charge in [-0.25, -0.2) is 4.79 Å². The standard InChI is InChI=1S/C4H5NO3/c5-3(1-2-6)4(7)8/h1-2H,5H2,(H,7,8). The van der Waals surface area contributed by atoms with Gasteiger partial charge in [-0.15, -0.1) is 0 Å². The van der Waals surface area contributed by atoms with Gasteiger partial charge in [0.05, 0.1) is 0 Å². The average molecular weight is 115 g/mol. The molecular weight excluding hydrogens is 110 g/mol. The molecule has 0 amide bonds. The summed E-state index contributed by atoms with van der Waals surface area (Å²) in [6.45, 7) is 0. The second-order valence-electron chi connectivity index (χ2n) is 1.06. The fraction of sp³-hybridized carbons (Fsp3) is 0. The number of allylic oxidation sites excluding steroid dienone is 1. The highest BCUT2D eigenvalue weighted by atomic mass is 16.4. The van der Waals surface area contributed by atoms with Crippen molar-refractivity contribution >= 4 is 12.3 Å². The van der Waals surface area contributed by atoms with Crippen LogP contribution >= 0.6 is 0 Å². The van der Waals surface area contributed by atoms with Gasteiger partial charge in [-0.3, -0.25) is 4.79 Å². The predicted molar refractivity (Wildman–Crippen MR) is 26.0 cm³/mol. The van der Waals surface area contributed by atoms with Crippen molar-refractivity contribution in [2.75, 3.05) is 0 Å².